The van der Waals surface area contributed by atoms with E-state index in [2.05, 4.69) is 10.0 Å². The first-order valence-electron chi connectivity index (χ1n) is 3.17. The van der Waals surface area contributed by atoms with Crippen molar-refractivity contribution in [2.75, 3.05) is 18.1 Å². The first kappa shape index (κ1) is 9.46. The van der Waals surface area contributed by atoms with Crippen LogP contribution in [0.1, 0.15) is 13.3 Å². The van der Waals surface area contributed by atoms with E-state index in [0.29, 0.717) is 18.1 Å². The van der Waals surface area contributed by atoms with E-state index in [1.165, 1.54) is 0 Å². The van der Waals surface area contributed by atoms with Crippen molar-refractivity contribution in [1.29, 1.82) is 0 Å². The highest BCUT2D eigenvalue weighted by Crippen LogP contribution is 1.87. The van der Waals surface area contributed by atoms with Gasteiger partial charge in [-0.2, -0.15) is 0 Å². The van der Waals surface area contributed by atoms with Gasteiger partial charge in [-0.1, -0.05) is 12.0 Å². The van der Waals surface area contributed by atoms with Crippen molar-refractivity contribution in [2.24, 2.45) is 5.11 Å². The molecule has 0 spiro atoms. The zero-order valence-corrected chi connectivity index (χ0v) is 6.80. The van der Waals surface area contributed by atoms with Crippen molar-refractivity contribution in [3.8, 4) is 0 Å². The number of rotatable bonds is 5. The van der Waals surface area contributed by atoms with Crippen molar-refractivity contribution >= 4 is 10.8 Å². The third-order valence-corrected chi connectivity index (χ3v) is 2.40. The lowest BCUT2D eigenvalue weighted by molar-refractivity contribution is 0.681. The summed E-state index contributed by atoms with van der Waals surface area (Å²) in [7, 11) is -0.714. The Morgan fingerprint density at radius 1 is 1.70 bits per heavy atom. The fourth-order valence-corrected chi connectivity index (χ4v) is 1.23. The topological polar surface area (TPSA) is 65.8 Å². The number of hydrogen-bond acceptors (Lipinski definition) is 2. The SMILES string of the molecule is CCS(=O)CCCN=[N+]=[N-]. The average Bonchev–Trinajstić information content (AvgIpc) is 1.98. The molecule has 0 rings (SSSR count). The third-order valence-electron chi connectivity index (χ3n) is 1.02. The highest BCUT2D eigenvalue weighted by atomic mass is 32.2. The fraction of sp³-hybridized carbons (Fsp3) is 1.00. The minimum atomic E-state index is -0.714. The van der Waals surface area contributed by atoms with Gasteiger partial charge in [0.1, 0.15) is 0 Å². The molecule has 0 aliphatic carbocycles. The molecule has 0 aromatic carbocycles. The Balaban J connectivity index is 3.19. The van der Waals surface area contributed by atoms with Gasteiger partial charge < -0.3 is 0 Å². The monoisotopic (exact) mass is 161 g/mol. The molecule has 1 unspecified atom stereocenters. The Bertz CT molecular complexity index is 153. The van der Waals surface area contributed by atoms with Crippen LogP contribution >= 0.6 is 0 Å². The zero-order chi connectivity index (χ0) is 7.82. The van der Waals surface area contributed by atoms with Gasteiger partial charge in [0.15, 0.2) is 0 Å². The normalized spacial score (nSPS) is 12.1. The Hall–Kier alpha value is -0.540. The Labute approximate surface area is 62.7 Å². The van der Waals surface area contributed by atoms with Gasteiger partial charge in [0.2, 0.25) is 0 Å². The molecule has 58 valence electrons. The van der Waals surface area contributed by atoms with Crippen LogP contribution in [0.15, 0.2) is 5.11 Å². The van der Waals surface area contributed by atoms with E-state index in [1.807, 2.05) is 6.92 Å². The van der Waals surface area contributed by atoms with Crippen molar-refractivity contribution in [2.45, 2.75) is 13.3 Å². The van der Waals surface area contributed by atoms with Gasteiger partial charge in [-0.05, 0) is 12.0 Å². The highest BCUT2D eigenvalue weighted by Gasteiger charge is 1.92. The number of hydrogen-bond donors (Lipinski definition) is 0. The molecule has 0 amide bonds. The summed E-state index contributed by atoms with van der Waals surface area (Å²) in [6, 6.07) is 0. The highest BCUT2D eigenvalue weighted by molar-refractivity contribution is 7.84. The van der Waals surface area contributed by atoms with E-state index in [0.717, 1.165) is 6.42 Å². The second-order valence-corrected chi connectivity index (χ2v) is 3.61. The maximum absolute atomic E-state index is 10.8. The summed E-state index contributed by atoms with van der Waals surface area (Å²) in [6.07, 6.45) is 0.727. The van der Waals surface area contributed by atoms with Gasteiger partial charge in [-0.3, -0.25) is 4.21 Å². The summed E-state index contributed by atoms with van der Waals surface area (Å²) in [4.78, 5) is 2.58. The molecule has 0 aliphatic rings. The Morgan fingerprint density at radius 3 is 2.90 bits per heavy atom. The predicted molar refractivity (Wildman–Crippen MR) is 42.2 cm³/mol. The van der Waals surface area contributed by atoms with E-state index in [4.69, 9.17) is 5.53 Å². The molecule has 0 aromatic heterocycles. The van der Waals surface area contributed by atoms with Crippen molar-refractivity contribution in [1.82, 2.24) is 0 Å². The lowest BCUT2D eigenvalue weighted by atomic mass is 10.5. The fourth-order valence-electron chi connectivity index (χ4n) is 0.485. The van der Waals surface area contributed by atoms with E-state index >= 15 is 0 Å². The molecule has 0 saturated carbocycles. The molecule has 0 fully saturated rings. The maximum atomic E-state index is 10.8. The molecule has 0 bridgehead atoms. The van der Waals surface area contributed by atoms with Crippen LogP contribution in [-0.4, -0.2) is 22.3 Å². The van der Waals surface area contributed by atoms with Gasteiger partial charge in [-0.15, -0.1) is 0 Å². The van der Waals surface area contributed by atoms with Gasteiger partial charge >= 0.3 is 0 Å². The van der Waals surface area contributed by atoms with Gasteiger partial charge in [0, 0.05) is 33.8 Å². The lowest BCUT2D eigenvalue weighted by Crippen LogP contribution is -2.00. The van der Waals surface area contributed by atoms with Crippen LogP contribution in [-0.2, 0) is 10.8 Å². The molecule has 0 N–H and O–H groups in total. The molecule has 5 heteroatoms. The third kappa shape index (κ3) is 5.59. The van der Waals surface area contributed by atoms with Crippen LogP contribution in [0.5, 0.6) is 0 Å². The van der Waals surface area contributed by atoms with Crippen molar-refractivity contribution in [3.63, 3.8) is 0 Å². The summed E-state index contributed by atoms with van der Waals surface area (Å²) in [6.45, 7) is 2.34. The van der Waals surface area contributed by atoms with Gasteiger partial charge in [0.05, 0.1) is 0 Å². The predicted octanol–water partition coefficient (Wildman–Crippen LogP) is 1.46. The van der Waals surface area contributed by atoms with Crippen LogP contribution in [0.3, 0.4) is 0 Å². The first-order chi connectivity index (χ1) is 4.81. The van der Waals surface area contributed by atoms with Gasteiger partial charge in [0.25, 0.3) is 0 Å². The minimum Gasteiger partial charge on any atom is -0.260 e. The van der Waals surface area contributed by atoms with Crippen LogP contribution in [0.4, 0.5) is 0 Å². The van der Waals surface area contributed by atoms with Crippen LogP contribution < -0.4 is 0 Å². The molecule has 0 aromatic rings. The van der Waals surface area contributed by atoms with Crippen LogP contribution in [0, 0.1) is 0 Å². The maximum Gasteiger partial charge on any atom is 0.0266 e. The Kier molecular flexibility index (Phi) is 6.22. The summed E-state index contributed by atoms with van der Waals surface area (Å²) in [5.74, 6) is 1.34. The Morgan fingerprint density at radius 2 is 2.40 bits per heavy atom. The molecule has 0 heterocycles. The summed E-state index contributed by atoms with van der Waals surface area (Å²) in [5.41, 5.74) is 7.87. The molecule has 0 aliphatic heterocycles. The average molecular weight is 161 g/mol. The molecular weight excluding hydrogens is 150 g/mol. The minimum absolute atomic E-state index is 0.461. The van der Waals surface area contributed by atoms with Gasteiger partial charge in [-0.25, -0.2) is 0 Å². The standard InChI is InChI=1S/C5H11N3OS/c1-2-10(9)5-3-4-7-8-6/h2-5H2,1H3. The quantitative estimate of drug-likeness (QED) is 0.260. The van der Waals surface area contributed by atoms with E-state index in [9.17, 15) is 4.21 Å². The summed E-state index contributed by atoms with van der Waals surface area (Å²) >= 11 is 0. The largest absolute Gasteiger partial charge is 0.260 e. The van der Waals surface area contributed by atoms with E-state index in [1.54, 1.807) is 0 Å². The smallest absolute Gasteiger partial charge is 0.0266 e. The molecule has 10 heavy (non-hydrogen) atoms. The number of nitrogens with zero attached hydrogens (tertiary/aromatic N) is 3. The van der Waals surface area contributed by atoms with E-state index in [-0.39, 0.29) is 0 Å². The first-order valence-corrected chi connectivity index (χ1v) is 4.66. The molecule has 1 atom stereocenters. The summed E-state index contributed by atoms with van der Waals surface area (Å²) in [5, 5.41) is 3.32. The second-order valence-electron chi connectivity index (χ2n) is 1.74. The summed E-state index contributed by atoms with van der Waals surface area (Å²) < 4.78 is 10.8. The number of azide groups is 1. The van der Waals surface area contributed by atoms with Crippen molar-refractivity contribution in [3.05, 3.63) is 10.4 Å². The molecule has 4 nitrogen and oxygen atoms in total. The molecular formula is C5H11N3OS. The van der Waals surface area contributed by atoms with Crippen LogP contribution in [0.25, 0.3) is 10.4 Å². The zero-order valence-electron chi connectivity index (χ0n) is 5.99. The van der Waals surface area contributed by atoms with Crippen molar-refractivity contribution < 1.29 is 4.21 Å². The molecule has 0 saturated heterocycles. The lowest BCUT2D eigenvalue weighted by Gasteiger charge is -1.93. The molecule has 0 radical (unpaired) electrons. The second kappa shape index (κ2) is 6.58. The van der Waals surface area contributed by atoms with Crippen LogP contribution in [0.2, 0.25) is 0 Å². The van der Waals surface area contributed by atoms with E-state index < -0.39 is 10.8 Å².